The van der Waals surface area contributed by atoms with Crippen LogP contribution in [-0.2, 0) is 0 Å². The van der Waals surface area contributed by atoms with Crippen LogP contribution in [0.2, 0.25) is 0 Å². The van der Waals surface area contributed by atoms with E-state index in [-0.39, 0.29) is 0 Å². The van der Waals surface area contributed by atoms with Gasteiger partial charge in [-0.25, -0.2) is 0 Å². The molecule has 0 spiro atoms. The van der Waals surface area contributed by atoms with E-state index in [2.05, 4.69) is 27.7 Å². The molecule has 0 heterocycles. The summed E-state index contributed by atoms with van der Waals surface area (Å²) in [5.41, 5.74) is 5.60. The Hall–Kier alpha value is -0.0400. The van der Waals surface area contributed by atoms with Crippen LogP contribution in [0, 0.1) is 17.8 Å². The second-order valence-corrected chi connectivity index (χ2v) is 5.71. The molecule has 0 saturated heterocycles. The van der Waals surface area contributed by atoms with E-state index in [0.717, 1.165) is 24.3 Å². The van der Waals surface area contributed by atoms with Crippen molar-refractivity contribution >= 4 is 0 Å². The zero-order valence-electron chi connectivity index (χ0n) is 12.0. The monoisotopic (exact) mass is 227 g/mol. The Labute approximate surface area is 103 Å². The van der Waals surface area contributed by atoms with Gasteiger partial charge in [-0.1, -0.05) is 66.2 Å². The number of hydrogen-bond acceptors (Lipinski definition) is 1. The fraction of sp³-hybridized carbons (Fsp3) is 1.00. The first-order valence-electron chi connectivity index (χ1n) is 7.31. The van der Waals surface area contributed by atoms with E-state index in [9.17, 15) is 0 Å². The summed E-state index contributed by atoms with van der Waals surface area (Å²) in [6.45, 7) is 10.3. The van der Waals surface area contributed by atoms with Crippen LogP contribution in [0.1, 0.15) is 72.6 Å². The fourth-order valence-corrected chi connectivity index (χ4v) is 2.43. The summed E-state index contributed by atoms with van der Waals surface area (Å²) in [5, 5.41) is 0. The molecule has 0 fully saturated rings. The highest BCUT2D eigenvalue weighted by Gasteiger charge is 2.11. The SMILES string of the molecule is CCCC(C)CCCCC(C)C(C)CCN. The lowest BCUT2D eigenvalue weighted by Gasteiger charge is -2.19. The second-order valence-electron chi connectivity index (χ2n) is 5.71. The molecule has 0 amide bonds. The van der Waals surface area contributed by atoms with Crippen LogP contribution in [0.25, 0.3) is 0 Å². The van der Waals surface area contributed by atoms with Crippen molar-refractivity contribution in [3.05, 3.63) is 0 Å². The van der Waals surface area contributed by atoms with Crippen LogP contribution in [-0.4, -0.2) is 6.54 Å². The van der Waals surface area contributed by atoms with E-state index >= 15 is 0 Å². The molecule has 0 aliphatic rings. The lowest BCUT2D eigenvalue weighted by Crippen LogP contribution is -2.13. The number of hydrogen-bond donors (Lipinski definition) is 1. The molecule has 0 saturated carbocycles. The van der Waals surface area contributed by atoms with Crippen LogP contribution in [0.15, 0.2) is 0 Å². The Bertz CT molecular complexity index is 144. The third-order valence-corrected chi connectivity index (χ3v) is 3.98. The lowest BCUT2D eigenvalue weighted by atomic mass is 9.87. The van der Waals surface area contributed by atoms with Crippen molar-refractivity contribution in [1.82, 2.24) is 0 Å². The van der Waals surface area contributed by atoms with Crippen LogP contribution in [0.4, 0.5) is 0 Å². The molecule has 3 atom stereocenters. The van der Waals surface area contributed by atoms with Crippen LogP contribution in [0.5, 0.6) is 0 Å². The van der Waals surface area contributed by atoms with Gasteiger partial charge < -0.3 is 5.73 Å². The van der Waals surface area contributed by atoms with Crippen LogP contribution >= 0.6 is 0 Å². The van der Waals surface area contributed by atoms with Gasteiger partial charge in [0.2, 0.25) is 0 Å². The third-order valence-electron chi connectivity index (χ3n) is 3.98. The van der Waals surface area contributed by atoms with Crippen molar-refractivity contribution in [2.75, 3.05) is 6.54 Å². The molecule has 0 rings (SSSR count). The van der Waals surface area contributed by atoms with Crippen molar-refractivity contribution < 1.29 is 0 Å². The summed E-state index contributed by atoms with van der Waals surface area (Å²) in [7, 11) is 0. The van der Waals surface area contributed by atoms with E-state index in [4.69, 9.17) is 5.73 Å². The minimum absolute atomic E-state index is 0.804. The van der Waals surface area contributed by atoms with E-state index < -0.39 is 0 Å². The summed E-state index contributed by atoms with van der Waals surface area (Å²) in [5.74, 6) is 2.59. The smallest absolute Gasteiger partial charge is 0.00746 e. The Morgan fingerprint density at radius 2 is 1.38 bits per heavy atom. The molecule has 0 aromatic rings. The van der Waals surface area contributed by atoms with Gasteiger partial charge in [0.1, 0.15) is 0 Å². The molecule has 1 heteroatoms. The molecule has 0 bridgehead atoms. The average molecular weight is 227 g/mol. The predicted molar refractivity (Wildman–Crippen MR) is 74.5 cm³/mol. The van der Waals surface area contributed by atoms with Crippen molar-refractivity contribution in [1.29, 1.82) is 0 Å². The van der Waals surface area contributed by atoms with E-state index in [0.29, 0.717) is 0 Å². The predicted octanol–water partition coefficient (Wildman–Crippen LogP) is 4.60. The fourth-order valence-electron chi connectivity index (χ4n) is 2.43. The highest BCUT2D eigenvalue weighted by Crippen LogP contribution is 2.22. The standard InChI is InChI=1S/C15H33N/c1-5-8-13(2)9-6-7-10-14(3)15(4)11-12-16/h13-15H,5-12,16H2,1-4H3. The third kappa shape index (κ3) is 8.15. The van der Waals surface area contributed by atoms with Crippen molar-refractivity contribution in [3.63, 3.8) is 0 Å². The molecule has 2 N–H and O–H groups in total. The molecule has 3 unspecified atom stereocenters. The van der Waals surface area contributed by atoms with Gasteiger partial charge >= 0.3 is 0 Å². The molecular weight excluding hydrogens is 194 g/mol. The normalized spacial score (nSPS) is 17.1. The van der Waals surface area contributed by atoms with Crippen molar-refractivity contribution in [3.8, 4) is 0 Å². The zero-order valence-corrected chi connectivity index (χ0v) is 12.0. The van der Waals surface area contributed by atoms with Crippen molar-refractivity contribution in [2.45, 2.75) is 72.6 Å². The zero-order chi connectivity index (χ0) is 12.4. The Morgan fingerprint density at radius 3 is 1.94 bits per heavy atom. The first-order valence-corrected chi connectivity index (χ1v) is 7.31. The summed E-state index contributed by atoms with van der Waals surface area (Å²) >= 11 is 0. The molecule has 0 aliphatic heterocycles. The topological polar surface area (TPSA) is 26.0 Å². The van der Waals surface area contributed by atoms with Gasteiger partial charge in [0.05, 0.1) is 0 Å². The van der Waals surface area contributed by atoms with E-state index in [1.807, 2.05) is 0 Å². The first kappa shape index (κ1) is 16.0. The van der Waals surface area contributed by atoms with E-state index in [1.54, 1.807) is 0 Å². The van der Waals surface area contributed by atoms with E-state index in [1.165, 1.54) is 44.9 Å². The van der Waals surface area contributed by atoms with Crippen LogP contribution in [0.3, 0.4) is 0 Å². The van der Waals surface area contributed by atoms with Gasteiger partial charge in [0.25, 0.3) is 0 Å². The summed E-state index contributed by atoms with van der Waals surface area (Å²) in [4.78, 5) is 0. The number of unbranched alkanes of at least 4 members (excludes halogenated alkanes) is 1. The molecule has 0 radical (unpaired) electrons. The summed E-state index contributed by atoms with van der Waals surface area (Å²) in [6.07, 6.45) is 9.56. The average Bonchev–Trinajstić information content (AvgIpc) is 2.24. The maximum Gasteiger partial charge on any atom is -0.00746 e. The Morgan fingerprint density at radius 1 is 0.812 bits per heavy atom. The number of nitrogens with two attached hydrogens (primary N) is 1. The van der Waals surface area contributed by atoms with Gasteiger partial charge in [0.15, 0.2) is 0 Å². The molecule has 1 nitrogen and oxygen atoms in total. The lowest BCUT2D eigenvalue weighted by molar-refractivity contribution is 0.330. The highest BCUT2D eigenvalue weighted by atomic mass is 14.5. The summed E-state index contributed by atoms with van der Waals surface area (Å²) in [6, 6.07) is 0. The second kappa shape index (κ2) is 10.1. The largest absolute Gasteiger partial charge is 0.330 e. The number of rotatable bonds is 10. The molecular formula is C15H33N. The minimum Gasteiger partial charge on any atom is -0.330 e. The minimum atomic E-state index is 0.804. The summed E-state index contributed by atoms with van der Waals surface area (Å²) < 4.78 is 0. The molecule has 0 aromatic carbocycles. The Balaban J connectivity index is 3.43. The highest BCUT2D eigenvalue weighted by molar-refractivity contribution is 4.63. The Kier molecular flexibility index (Phi) is 10.1. The molecule has 0 aliphatic carbocycles. The quantitative estimate of drug-likeness (QED) is 0.542. The van der Waals surface area contributed by atoms with Gasteiger partial charge in [-0.3, -0.25) is 0 Å². The maximum atomic E-state index is 5.60. The van der Waals surface area contributed by atoms with Gasteiger partial charge in [-0.2, -0.15) is 0 Å². The molecule has 98 valence electrons. The molecule has 16 heavy (non-hydrogen) atoms. The van der Waals surface area contributed by atoms with Crippen LogP contribution < -0.4 is 5.73 Å². The first-order chi connectivity index (χ1) is 7.61. The van der Waals surface area contributed by atoms with Gasteiger partial charge in [-0.15, -0.1) is 0 Å². The maximum absolute atomic E-state index is 5.60. The molecule has 0 aromatic heterocycles. The van der Waals surface area contributed by atoms with Crippen molar-refractivity contribution in [2.24, 2.45) is 23.5 Å². The van der Waals surface area contributed by atoms with Gasteiger partial charge in [0, 0.05) is 0 Å². The van der Waals surface area contributed by atoms with Gasteiger partial charge in [-0.05, 0) is 30.7 Å².